The standard InChI is InChI=1S/C12H12N4O/c1-3-6-13-11(17)10-9-14-15(2)12(10)16-7-4-5-8-16/h1,4-5,7-9H,6H2,2H3,(H,13,17). The number of nitrogens with zero attached hydrogens (tertiary/aromatic N) is 3. The summed E-state index contributed by atoms with van der Waals surface area (Å²) in [5, 5.41) is 6.71. The molecule has 17 heavy (non-hydrogen) atoms. The van der Waals surface area contributed by atoms with Crippen LogP contribution in [-0.2, 0) is 7.05 Å². The number of aryl methyl sites for hydroxylation is 1. The number of hydrogen-bond donors (Lipinski definition) is 1. The smallest absolute Gasteiger partial charge is 0.257 e. The predicted octanol–water partition coefficient (Wildman–Crippen LogP) is 0.574. The van der Waals surface area contributed by atoms with Gasteiger partial charge >= 0.3 is 0 Å². The lowest BCUT2D eigenvalue weighted by atomic mass is 10.3. The molecule has 0 saturated heterocycles. The highest BCUT2D eigenvalue weighted by Gasteiger charge is 2.16. The number of aromatic nitrogens is 3. The fourth-order valence-corrected chi connectivity index (χ4v) is 1.60. The van der Waals surface area contributed by atoms with Gasteiger partial charge in [0, 0.05) is 19.4 Å². The molecule has 0 aliphatic rings. The van der Waals surface area contributed by atoms with Crippen molar-refractivity contribution in [3.8, 4) is 18.2 Å². The highest BCUT2D eigenvalue weighted by Crippen LogP contribution is 2.13. The van der Waals surface area contributed by atoms with E-state index in [2.05, 4.69) is 16.3 Å². The molecule has 0 saturated carbocycles. The van der Waals surface area contributed by atoms with Gasteiger partial charge in [-0.05, 0) is 12.1 Å². The summed E-state index contributed by atoms with van der Waals surface area (Å²) in [6.07, 6.45) is 10.3. The zero-order valence-electron chi connectivity index (χ0n) is 9.42. The van der Waals surface area contributed by atoms with Gasteiger partial charge in [0.05, 0.1) is 12.7 Å². The Kier molecular flexibility index (Phi) is 2.97. The van der Waals surface area contributed by atoms with Crippen molar-refractivity contribution < 1.29 is 4.79 Å². The zero-order chi connectivity index (χ0) is 12.3. The third-order valence-corrected chi connectivity index (χ3v) is 2.35. The molecule has 0 atom stereocenters. The molecule has 0 fully saturated rings. The Morgan fingerprint density at radius 3 is 2.88 bits per heavy atom. The normalized spacial score (nSPS) is 9.88. The summed E-state index contributed by atoms with van der Waals surface area (Å²) < 4.78 is 3.47. The molecule has 1 N–H and O–H groups in total. The van der Waals surface area contributed by atoms with Gasteiger partial charge in [0.1, 0.15) is 11.4 Å². The molecule has 0 aromatic carbocycles. The summed E-state index contributed by atoms with van der Waals surface area (Å²) in [6.45, 7) is 0.207. The van der Waals surface area contributed by atoms with Gasteiger partial charge in [0.2, 0.25) is 0 Å². The second-order valence-electron chi connectivity index (χ2n) is 3.48. The molecule has 0 aliphatic carbocycles. The number of terminal acetylenes is 1. The van der Waals surface area contributed by atoms with Gasteiger partial charge in [-0.2, -0.15) is 5.10 Å². The summed E-state index contributed by atoms with van der Waals surface area (Å²) in [5.41, 5.74) is 0.499. The molecular weight excluding hydrogens is 216 g/mol. The van der Waals surface area contributed by atoms with Crippen LogP contribution in [0.3, 0.4) is 0 Å². The van der Waals surface area contributed by atoms with Crippen LogP contribution in [0.5, 0.6) is 0 Å². The molecule has 2 aromatic rings. The van der Waals surface area contributed by atoms with E-state index in [0.717, 1.165) is 0 Å². The highest BCUT2D eigenvalue weighted by atomic mass is 16.1. The van der Waals surface area contributed by atoms with E-state index in [1.54, 1.807) is 11.7 Å². The SMILES string of the molecule is C#CCNC(=O)c1cnn(C)c1-n1cccc1. The molecule has 0 bridgehead atoms. The minimum atomic E-state index is -0.222. The molecular formula is C12H12N4O. The molecule has 0 radical (unpaired) electrons. The Balaban J connectivity index is 2.37. The molecule has 0 unspecified atom stereocenters. The maximum Gasteiger partial charge on any atom is 0.257 e. The Morgan fingerprint density at radius 2 is 2.24 bits per heavy atom. The van der Waals surface area contributed by atoms with Crippen molar-refractivity contribution in [2.24, 2.45) is 7.05 Å². The first-order chi connectivity index (χ1) is 8.24. The van der Waals surface area contributed by atoms with Crippen molar-refractivity contribution in [1.82, 2.24) is 19.7 Å². The van der Waals surface area contributed by atoms with Crippen LogP contribution in [-0.4, -0.2) is 26.8 Å². The largest absolute Gasteiger partial charge is 0.341 e. The monoisotopic (exact) mass is 228 g/mol. The minimum absolute atomic E-state index is 0.207. The van der Waals surface area contributed by atoms with Crippen molar-refractivity contribution in [1.29, 1.82) is 0 Å². The topological polar surface area (TPSA) is 51.9 Å². The van der Waals surface area contributed by atoms with Crippen molar-refractivity contribution in [2.45, 2.75) is 0 Å². The van der Waals surface area contributed by atoms with E-state index in [4.69, 9.17) is 6.42 Å². The van der Waals surface area contributed by atoms with Crippen molar-refractivity contribution in [3.63, 3.8) is 0 Å². The first kappa shape index (κ1) is 11.0. The van der Waals surface area contributed by atoms with Crippen LogP contribution in [0.4, 0.5) is 0 Å². The van der Waals surface area contributed by atoms with E-state index >= 15 is 0 Å². The summed E-state index contributed by atoms with van der Waals surface area (Å²) in [5.74, 6) is 2.85. The van der Waals surface area contributed by atoms with Crippen LogP contribution in [0, 0.1) is 12.3 Å². The molecule has 0 aliphatic heterocycles. The number of carbonyl (C=O) groups excluding carboxylic acids is 1. The van der Waals surface area contributed by atoms with Gasteiger partial charge in [0.15, 0.2) is 0 Å². The minimum Gasteiger partial charge on any atom is -0.341 e. The second-order valence-corrected chi connectivity index (χ2v) is 3.48. The maximum atomic E-state index is 11.9. The molecule has 1 amide bonds. The van der Waals surface area contributed by atoms with Crippen LogP contribution >= 0.6 is 0 Å². The number of amides is 1. The molecule has 5 nitrogen and oxygen atoms in total. The van der Waals surface area contributed by atoms with Crippen LogP contribution in [0.1, 0.15) is 10.4 Å². The Morgan fingerprint density at radius 1 is 1.53 bits per heavy atom. The zero-order valence-corrected chi connectivity index (χ0v) is 9.42. The van der Waals surface area contributed by atoms with E-state index in [9.17, 15) is 4.79 Å². The summed E-state index contributed by atoms with van der Waals surface area (Å²) in [4.78, 5) is 11.9. The molecule has 0 spiro atoms. The van der Waals surface area contributed by atoms with Gasteiger partial charge < -0.3 is 9.88 Å². The van der Waals surface area contributed by atoms with Gasteiger partial charge in [-0.25, -0.2) is 0 Å². The molecule has 2 aromatic heterocycles. The number of carbonyl (C=O) groups is 1. The first-order valence-electron chi connectivity index (χ1n) is 5.11. The third-order valence-electron chi connectivity index (χ3n) is 2.35. The van der Waals surface area contributed by atoms with E-state index in [0.29, 0.717) is 11.4 Å². The van der Waals surface area contributed by atoms with Crippen molar-refractivity contribution in [2.75, 3.05) is 6.54 Å². The quantitative estimate of drug-likeness (QED) is 0.781. The average Bonchev–Trinajstić information content (AvgIpc) is 2.94. The fourth-order valence-electron chi connectivity index (χ4n) is 1.60. The van der Waals surface area contributed by atoms with Crippen LogP contribution in [0.25, 0.3) is 5.82 Å². The second kappa shape index (κ2) is 4.58. The lowest BCUT2D eigenvalue weighted by molar-refractivity contribution is 0.0958. The summed E-state index contributed by atoms with van der Waals surface area (Å²) in [6, 6.07) is 3.77. The summed E-state index contributed by atoms with van der Waals surface area (Å²) >= 11 is 0. The first-order valence-corrected chi connectivity index (χ1v) is 5.11. The Labute approximate surface area is 99.1 Å². The van der Waals surface area contributed by atoms with E-state index in [-0.39, 0.29) is 12.5 Å². The number of rotatable bonds is 3. The average molecular weight is 228 g/mol. The predicted molar refractivity (Wildman–Crippen MR) is 63.7 cm³/mol. The van der Waals surface area contributed by atoms with Gasteiger partial charge in [-0.3, -0.25) is 9.48 Å². The van der Waals surface area contributed by atoms with E-state index in [1.807, 2.05) is 29.1 Å². The van der Waals surface area contributed by atoms with Crippen molar-refractivity contribution in [3.05, 3.63) is 36.3 Å². The number of nitrogens with one attached hydrogen (secondary N) is 1. The van der Waals surface area contributed by atoms with Gasteiger partial charge in [-0.15, -0.1) is 6.42 Å². The van der Waals surface area contributed by atoms with E-state index < -0.39 is 0 Å². The highest BCUT2D eigenvalue weighted by molar-refractivity contribution is 5.97. The lowest BCUT2D eigenvalue weighted by Crippen LogP contribution is -2.24. The Bertz CT molecular complexity index is 560. The molecule has 5 heteroatoms. The van der Waals surface area contributed by atoms with E-state index in [1.165, 1.54) is 6.20 Å². The van der Waals surface area contributed by atoms with Crippen LogP contribution < -0.4 is 5.32 Å². The Hall–Kier alpha value is -2.48. The molecule has 2 heterocycles. The lowest BCUT2D eigenvalue weighted by Gasteiger charge is -2.06. The molecule has 2 rings (SSSR count). The third kappa shape index (κ3) is 2.06. The van der Waals surface area contributed by atoms with Crippen molar-refractivity contribution >= 4 is 5.91 Å². The van der Waals surface area contributed by atoms with Crippen LogP contribution in [0.2, 0.25) is 0 Å². The maximum absolute atomic E-state index is 11.9. The van der Waals surface area contributed by atoms with Gasteiger partial charge in [-0.1, -0.05) is 5.92 Å². The van der Waals surface area contributed by atoms with Crippen LogP contribution in [0.15, 0.2) is 30.7 Å². The summed E-state index contributed by atoms with van der Waals surface area (Å²) in [7, 11) is 1.79. The fraction of sp³-hybridized carbons (Fsp3) is 0.167. The molecule has 86 valence electrons. The van der Waals surface area contributed by atoms with Gasteiger partial charge in [0.25, 0.3) is 5.91 Å². The number of hydrogen-bond acceptors (Lipinski definition) is 2.